The highest BCUT2D eigenvalue weighted by Gasteiger charge is 2.29. The Labute approximate surface area is 163 Å². The second-order valence-corrected chi connectivity index (χ2v) is 7.09. The van der Waals surface area contributed by atoms with Gasteiger partial charge in [0, 0.05) is 49.4 Å². The van der Waals surface area contributed by atoms with Crippen LogP contribution in [0.25, 0.3) is 11.1 Å². The van der Waals surface area contributed by atoms with Crippen LogP contribution in [0.1, 0.15) is 46.5 Å². The minimum atomic E-state index is -0.0755. The minimum Gasteiger partial charge on any atom is -0.337 e. The van der Waals surface area contributed by atoms with Gasteiger partial charge in [-0.15, -0.1) is 0 Å². The average molecular weight is 374 g/mol. The number of rotatable bonds is 3. The molecule has 1 atom stereocenters. The van der Waals surface area contributed by atoms with Crippen molar-refractivity contribution in [2.45, 2.75) is 32.6 Å². The molecule has 1 fully saturated rings. The van der Waals surface area contributed by atoms with Crippen LogP contribution < -0.4 is 0 Å². The molecule has 142 valence electrons. The second kappa shape index (κ2) is 7.80. The van der Waals surface area contributed by atoms with Gasteiger partial charge in [0.15, 0.2) is 0 Å². The summed E-state index contributed by atoms with van der Waals surface area (Å²) in [6.07, 6.45) is 10.5. The molecule has 28 heavy (non-hydrogen) atoms. The zero-order chi connectivity index (χ0) is 19.5. The van der Waals surface area contributed by atoms with Crippen LogP contribution in [-0.2, 0) is 0 Å². The Morgan fingerprint density at radius 1 is 1.07 bits per heavy atom. The van der Waals surface area contributed by atoms with Gasteiger partial charge in [-0.2, -0.15) is 0 Å². The first kappa shape index (κ1) is 18.2. The zero-order valence-corrected chi connectivity index (χ0v) is 16.0. The van der Waals surface area contributed by atoms with Crippen LogP contribution in [0.5, 0.6) is 0 Å². The maximum Gasteiger partial charge on any atom is 0.274 e. The molecular weight excluding hydrogens is 352 g/mol. The summed E-state index contributed by atoms with van der Waals surface area (Å²) in [4.78, 5) is 36.4. The third-order valence-electron chi connectivity index (χ3n) is 5.03. The summed E-state index contributed by atoms with van der Waals surface area (Å²) in [7, 11) is 0. The lowest BCUT2D eigenvalue weighted by Crippen LogP contribution is -2.40. The molecule has 3 aromatic rings. The van der Waals surface area contributed by atoms with E-state index in [0.29, 0.717) is 12.2 Å². The van der Waals surface area contributed by atoms with Gasteiger partial charge in [-0.05, 0) is 44.4 Å². The number of pyridine rings is 1. The molecule has 0 aliphatic carbocycles. The first-order chi connectivity index (χ1) is 13.6. The largest absolute Gasteiger partial charge is 0.337 e. The fraction of sp³-hybridized carbons (Fsp3) is 0.333. The molecule has 4 rings (SSSR count). The van der Waals surface area contributed by atoms with E-state index in [1.807, 2.05) is 37.1 Å². The monoisotopic (exact) mass is 374 g/mol. The molecule has 1 aliphatic rings. The van der Waals surface area contributed by atoms with Crippen LogP contribution in [0.4, 0.5) is 0 Å². The first-order valence-corrected chi connectivity index (χ1v) is 9.43. The molecule has 3 aromatic heterocycles. The number of hydrogen-bond acceptors (Lipinski definition) is 6. The van der Waals surface area contributed by atoms with Crippen molar-refractivity contribution in [3.63, 3.8) is 0 Å². The van der Waals surface area contributed by atoms with E-state index in [9.17, 15) is 4.79 Å². The summed E-state index contributed by atoms with van der Waals surface area (Å²) < 4.78 is 0. The Morgan fingerprint density at radius 3 is 2.64 bits per heavy atom. The van der Waals surface area contributed by atoms with Crippen molar-refractivity contribution in [2.24, 2.45) is 0 Å². The lowest BCUT2D eigenvalue weighted by Gasteiger charge is -2.33. The van der Waals surface area contributed by atoms with Crippen molar-refractivity contribution >= 4 is 5.91 Å². The van der Waals surface area contributed by atoms with Crippen molar-refractivity contribution in [2.75, 3.05) is 13.1 Å². The Bertz CT molecular complexity index is 974. The van der Waals surface area contributed by atoms with E-state index < -0.39 is 0 Å². The molecule has 0 aromatic carbocycles. The number of carbonyl (C=O) groups is 1. The van der Waals surface area contributed by atoms with Crippen molar-refractivity contribution in [3.8, 4) is 11.1 Å². The predicted molar refractivity (Wildman–Crippen MR) is 105 cm³/mol. The maximum absolute atomic E-state index is 12.9. The first-order valence-electron chi connectivity index (χ1n) is 9.43. The standard InChI is InChI=1S/C21H22N6O/c1-14-10-25-19(12-23-14)21(28)27-9-3-4-17(13-27)20-18(11-24-15(2)26-20)16-5-7-22-8-6-16/h5-8,10-12,17H,3-4,9,13H2,1-2H3. The number of amides is 1. The molecule has 0 spiro atoms. The SMILES string of the molecule is Cc1cnc(C(=O)N2CCCC(c3nc(C)ncc3-c3ccncc3)C2)cn1. The van der Waals surface area contributed by atoms with Crippen molar-refractivity contribution in [3.05, 3.63) is 66.0 Å². The Morgan fingerprint density at radius 2 is 1.89 bits per heavy atom. The highest BCUT2D eigenvalue weighted by atomic mass is 16.2. The predicted octanol–water partition coefficient (Wildman–Crippen LogP) is 2.97. The highest BCUT2D eigenvalue weighted by molar-refractivity contribution is 5.92. The fourth-order valence-electron chi connectivity index (χ4n) is 3.60. The average Bonchev–Trinajstić information content (AvgIpc) is 2.74. The Balaban J connectivity index is 1.62. The van der Waals surface area contributed by atoms with Gasteiger partial charge >= 0.3 is 0 Å². The Kier molecular flexibility index (Phi) is 5.06. The molecule has 0 saturated carbocycles. The Hall–Kier alpha value is -3.22. The topological polar surface area (TPSA) is 84.8 Å². The lowest BCUT2D eigenvalue weighted by molar-refractivity contribution is 0.0699. The molecule has 1 amide bonds. The van der Waals surface area contributed by atoms with Crippen molar-refractivity contribution in [1.82, 2.24) is 29.8 Å². The van der Waals surface area contributed by atoms with Gasteiger partial charge in [0.1, 0.15) is 11.5 Å². The number of piperidine rings is 1. The normalized spacial score (nSPS) is 16.8. The highest BCUT2D eigenvalue weighted by Crippen LogP contribution is 2.33. The number of carbonyl (C=O) groups excluding carboxylic acids is 1. The molecule has 1 unspecified atom stereocenters. The van der Waals surface area contributed by atoms with Gasteiger partial charge in [0.2, 0.25) is 0 Å². The summed E-state index contributed by atoms with van der Waals surface area (Å²) in [6, 6.07) is 3.93. The number of aryl methyl sites for hydroxylation is 2. The molecule has 0 radical (unpaired) electrons. The van der Waals surface area contributed by atoms with Crippen LogP contribution in [0.2, 0.25) is 0 Å². The van der Waals surface area contributed by atoms with E-state index in [1.54, 1.807) is 24.8 Å². The summed E-state index contributed by atoms with van der Waals surface area (Å²) >= 11 is 0. The van der Waals surface area contributed by atoms with E-state index in [1.165, 1.54) is 0 Å². The number of nitrogens with zero attached hydrogens (tertiary/aromatic N) is 6. The van der Waals surface area contributed by atoms with Crippen molar-refractivity contribution < 1.29 is 4.79 Å². The molecule has 7 heteroatoms. The zero-order valence-electron chi connectivity index (χ0n) is 16.0. The smallest absolute Gasteiger partial charge is 0.274 e. The van der Waals surface area contributed by atoms with Crippen LogP contribution in [-0.4, -0.2) is 48.8 Å². The molecule has 1 saturated heterocycles. The third-order valence-corrected chi connectivity index (χ3v) is 5.03. The summed E-state index contributed by atoms with van der Waals surface area (Å²) in [5.41, 5.74) is 4.22. The number of aromatic nitrogens is 5. The van der Waals surface area contributed by atoms with E-state index in [4.69, 9.17) is 4.98 Å². The summed E-state index contributed by atoms with van der Waals surface area (Å²) in [5.74, 6) is 0.815. The van der Waals surface area contributed by atoms with Crippen molar-refractivity contribution in [1.29, 1.82) is 0 Å². The molecule has 1 aliphatic heterocycles. The lowest BCUT2D eigenvalue weighted by atomic mass is 9.90. The van der Waals surface area contributed by atoms with Gasteiger partial charge < -0.3 is 4.90 Å². The second-order valence-electron chi connectivity index (χ2n) is 7.09. The van der Waals surface area contributed by atoms with Gasteiger partial charge in [-0.25, -0.2) is 15.0 Å². The van der Waals surface area contributed by atoms with Crippen LogP contribution in [0, 0.1) is 13.8 Å². The van der Waals surface area contributed by atoms with Crippen LogP contribution in [0.3, 0.4) is 0 Å². The number of likely N-dealkylation sites (tertiary alicyclic amines) is 1. The minimum absolute atomic E-state index is 0.0755. The van der Waals surface area contributed by atoms with E-state index >= 15 is 0 Å². The van der Waals surface area contributed by atoms with Crippen LogP contribution >= 0.6 is 0 Å². The summed E-state index contributed by atoms with van der Waals surface area (Å²) in [6.45, 7) is 5.09. The third kappa shape index (κ3) is 3.74. The van der Waals surface area contributed by atoms with E-state index in [0.717, 1.165) is 47.7 Å². The van der Waals surface area contributed by atoms with Gasteiger partial charge in [-0.1, -0.05) is 0 Å². The van der Waals surface area contributed by atoms with E-state index in [2.05, 4.69) is 19.9 Å². The molecule has 0 N–H and O–H groups in total. The molecule has 0 bridgehead atoms. The quantitative estimate of drug-likeness (QED) is 0.701. The molecule has 7 nitrogen and oxygen atoms in total. The number of hydrogen-bond donors (Lipinski definition) is 0. The van der Waals surface area contributed by atoms with Gasteiger partial charge in [0.25, 0.3) is 5.91 Å². The molecule has 4 heterocycles. The molecular formula is C21H22N6O. The van der Waals surface area contributed by atoms with Gasteiger partial charge in [-0.3, -0.25) is 14.8 Å². The summed E-state index contributed by atoms with van der Waals surface area (Å²) in [5, 5.41) is 0. The van der Waals surface area contributed by atoms with E-state index in [-0.39, 0.29) is 11.8 Å². The van der Waals surface area contributed by atoms with Crippen LogP contribution in [0.15, 0.2) is 43.1 Å². The van der Waals surface area contributed by atoms with Gasteiger partial charge in [0.05, 0.1) is 17.6 Å². The maximum atomic E-state index is 12.9. The fourth-order valence-corrected chi connectivity index (χ4v) is 3.60.